The van der Waals surface area contributed by atoms with Crippen LogP contribution in [0.5, 0.6) is 0 Å². The number of benzene rings is 2. The molecule has 19 heavy (non-hydrogen) atoms. The Bertz CT molecular complexity index is 543. The smallest absolute Gasteiger partial charge is 0.0577 e. The van der Waals surface area contributed by atoms with E-state index in [1.807, 2.05) is 0 Å². The van der Waals surface area contributed by atoms with Gasteiger partial charge in [-0.15, -0.1) is 0 Å². The van der Waals surface area contributed by atoms with Crippen molar-refractivity contribution in [3.8, 4) is 0 Å². The molecule has 0 aliphatic rings. The van der Waals surface area contributed by atoms with Crippen LogP contribution in [0.3, 0.4) is 0 Å². The van der Waals surface area contributed by atoms with Gasteiger partial charge in [0, 0.05) is 3.57 Å². The summed E-state index contributed by atoms with van der Waals surface area (Å²) in [6.07, 6.45) is 0. The number of rotatable bonds is 4. The summed E-state index contributed by atoms with van der Waals surface area (Å²) in [6.45, 7) is 7.44. The van der Waals surface area contributed by atoms with Crippen molar-refractivity contribution in [1.29, 1.82) is 0 Å². The Hall–Kier alpha value is -0.870. The molecule has 0 fully saturated rings. The van der Waals surface area contributed by atoms with Crippen LogP contribution in [0, 0.1) is 17.4 Å². The van der Waals surface area contributed by atoms with Crippen LogP contribution in [0.25, 0.3) is 0 Å². The highest BCUT2D eigenvalue weighted by atomic mass is 127. The molecule has 2 aromatic rings. The van der Waals surface area contributed by atoms with Crippen molar-refractivity contribution < 1.29 is 0 Å². The van der Waals surface area contributed by atoms with Crippen molar-refractivity contribution in [2.24, 2.45) is 0 Å². The summed E-state index contributed by atoms with van der Waals surface area (Å²) >= 11 is 2.37. The second-order valence-electron chi connectivity index (χ2n) is 4.97. The molecule has 2 rings (SSSR count). The SMILES string of the molecule is CCNC(c1cc(C)cc(C)c1)c1cccc(I)c1. The molecule has 1 nitrogen and oxygen atoms in total. The van der Waals surface area contributed by atoms with E-state index in [9.17, 15) is 0 Å². The fourth-order valence-corrected chi connectivity index (χ4v) is 3.06. The fourth-order valence-electron chi connectivity index (χ4n) is 2.49. The lowest BCUT2D eigenvalue weighted by Gasteiger charge is -2.20. The van der Waals surface area contributed by atoms with Crippen LogP contribution in [0.2, 0.25) is 0 Å². The van der Waals surface area contributed by atoms with Gasteiger partial charge in [-0.3, -0.25) is 0 Å². The van der Waals surface area contributed by atoms with Gasteiger partial charge in [-0.1, -0.05) is 48.4 Å². The second kappa shape index (κ2) is 6.53. The highest BCUT2D eigenvalue weighted by molar-refractivity contribution is 14.1. The Morgan fingerprint density at radius 3 is 2.26 bits per heavy atom. The van der Waals surface area contributed by atoms with Crippen LogP contribution < -0.4 is 5.32 Å². The zero-order valence-corrected chi connectivity index (χ0v) is 13.9. The van der Waals surface area contributed by atoms with Gasteiger partial charge in [0.1, 0.15) is 0 Å². The maximum Gasteiger partial charge on any atom is 0.0577 e. The number of halogens is 1. The van der Waals surface area contributed by atoms with Crippen molar-refractivity contribution >= 4 is 22.6 Å². The lowest BCUT2D eigenvalue weighted by Crippen LogP contribution is -2.22. The lowest BCUT2D eigenvalue weighted by molar-refractivity contribution is 0.629. The molecular weight excluding hydrogens is 345 g/mol. The summed E-state index contributed by atoms with van der Waals surface area (Å²) in [5, 5.41) is 3.59. The molecule has 0 amide bonds. The molecule has 0 bridgehead atoms. The summed E-state index contributed by atoms with van der Waals surface area (Å²) < 4.78 is 1.28. The van der Waals surface area contributed by atoms with Crippen molar-refractivity contribution in [2.45, 2.75) is 26.8 Å². The highest BCUT2D eigenvalue weighted by Gasteiger charge is 2.13. The van der Waals surface area contributed by atoms with Crippen molar-refractivity contribution in [3.05, 3.63) is 68.3 Å². The van der Waals surface area contributed by atoms with E-state index < -0.39 is 0 Å². The third-order valence-electron chi connectivity index (χ3n) is 3.17. The standard InChI is InChI=1S/C17H20IN/c1-4-19-17(14-6-5-7-16(18)11-14)15-9-12(2)8-13(3)10-15/h5-11,17,19H,4H2,1-3H3. The molecular formula is C17H20IN. The number of hydrogen-bond donors (Lipinski definition) is 1. The zero-order valence-electron chi connectivity index (χ0n) is 11.7. The summed E-state index contributed by atoms with van der Waals surface area (Å²) in [5.74, 6) is 0. The largest absolute Gasteiger partial charge is 0.307 e. The fraction of sp³-hybridized carbons (Fsp3) is 0.294. The van der Waals surface area contributed by atoms with Gasteiger partial charge in [-0.25, -0.2) is 0 Å². The Balaban J connectivity index is 2.44. The van der Waals surface area contributed by atoms with Crippen molar-refractivity contribution in [2.75, 3.05) is 6.54 Å². The van der Waals surface area contributed by atoms with E-state index in [0.717, 1.165) is 6.54 Å². The van der Waals surface area contributed by atoms with Crippen molar-refractivity contribution in [3.63, 3.8) is 0 Å². The molecule has 0 aliphatic heterocycles. The van der Waals surface area contributed by atoms with Crippen LogP contribution in [-0.2, 0) is 0 Å². The summed E-state index contributed by atoms with van der Waals surface area (Å²) in [4.78, 5) is 0. The summed E-state index contributed by atoms with van der Waals surface area (Å²) in [7, 11) is 0. The third kappa shape index (κ3) is 3.80. The van der Waals surface area contributed by atoms with Gasteiger partial charge >= 0.3 is 0 Å². The zero-order chi connectivity index (χ0) is 13.8. The van der Waals surface area contributed by atoms with E-state index >= 15 is 0 Å². The molecule has 0 radical (unpaired) electrons. The molecule has 1 atom stereocenters. The molecule has 2 heteroatoms. The van der Waals surface area contributed by atoms with E-state index in [1.165, 1.54) is 25.8 Å². The minimum absolute atomic E-state index is 0.276. The Kier molecular flexibility index (Phi) is 4.99. The molecule has 1 unspecified atom stereocenters. The Morgan fingerprint density at radius 1 is 1.00 bits per heavy atom. The molecule has 0 aromatic heterocycles. The van der Waals surface area contributed by atoms with Crippen LogP contribution in [0.1, 0.15) is 35.2 Å². The summed E-state index contributed by atoms with van der Waals surface area (Å²) in [5.41, 5.74) is 5.33. The number of nitrogens with one attached hydrogen (secondary N) is 1. The average molecular weight is 365 g/mol. The molecule has 0 spiro atoms. The molecule has 100 valence electrons. The quantitative estimate of drug-likeness (QED) is 0.781. The predicted octanol–water partition coefficient (Wildman–Crippen LogP) is 4.61. The van der Waals surface area contributed by atoms with E-state index in [1.54, 1.807) is 0 Å². The number of aryl methyl sites for hydroxylation is 2. The first-order valence-corrected chi connectivity index (χ1v) is 7.75. The van der Waals surface area contributed by atoms with Crippen LogP contribution in [0.15, 0.2) is 42.5 Å². The van der Waals surface area contributed by atoms with E-state index in [0.29, 0.717) is 0 Å². The minimum atomic E-state index is 0.276. The first-order chi connectivity index (χ1) is 9.10. The Labute approximate surface area is 129 Å². The Morgan fingerprint density at radius 2 is 1.68 bits per heavy atom. The van der Waals surface area contributed by atoms with Gasteiger partial charge in [-0.2, -0.15) is 0 Å². The first-order valence-electron chi connectivity index (χ1n) is 6.67. The van der Waals surface area contributed by atoms with E-state index in [-0.39, 0.29) is 6.04 Å². The van der Waals surface area contributed by atoms with E-state index in [4.69, 9.17) is 0 Å². The molecule has 0 saturated carbocycles. The lowest BCUT2D eigenvalue weighted by atomic mass is 9.95. The molecule has 0 aliphatic carbocycles. The molecule has 1 N–H and O–H groups in total. The summed E-state index contributed by atoms with van der Waals surface area (Å²) in [6, 6.07) is 15.8. The first kappa shape index (κ1) is 14.5. The molecule has 0 heterocycles. The topological polar surface area (TPSA) is 12.0 Å². The van der Waals surface area contributed by atoms with Crippen molar-refractivity contribution in [1.82, 2.24) is 5.32 Å². The van der Waals surface area contributed by atoms with Gasteiger partial charge in [0.2, 0.25) is 0 Å². The van der Waals surface area contributed by atoms with Gasteiger partial charge in [0.15, 0.2) is 0 Å². The van der Waals surface area contributed by atoms with Crippen LogP contribution in [0.4, 0.5) is 0 Å². The van der Waals surface area contributed by atoms with Gasteiger partial charge < -0.3 is 5.32 Å². The van der Waals surface area contributed by atoms with Crippen LogP contribution >= 0.6 is 22.6 Å². The monoisotopic (exact) mass is 365 g/mol. The maximum atomic E-state index is 3.59. The molecule has 2 aromatic carbocycles. The third-order valence-corrected chi connectivity index (χ3v) is 3.84. The van der Waals surface area contributed by atoms with Gasteiger partial charge in [0.25, 0.3) is 0 Å². The van der Waals surface area contributed by atoms with Crippen LogP contribution in [-0.4, -0.2) is 6.54 Å². The predicted molar refractivity (Wildman–Crippen MR) is 90.6 cm³/mol. The van der Waals surface area contributed by atoms with Gasteiger partial charge in [0.05, 0.1) is 6.04 Å². The minimum Gasteiger partial charge on any atom is -0.307 e. The maximum absolute atomic E-state index is 3.59. The number of hydrogen-bond acceptors (Lipinski definition) is 1. The van der Waals surface area contributed by atoms with E-state index in [2.05, 4.69) is 91.1 Å². The highest BCUT2D eigenvalue weighted by Crippen LogP contribution is 2.25. The second-order valence-corrected chi connectivity index (χ2v) is 6.21. The molecule has 0 saturated heterocycles. The average Bonchev–Trinajstić information content (AvgIpc) is 2.34. The van der Waals surface area contributed by atoms with Gasteiger partial charge in [-0.05, 0) is 66.2 Å². The normalized spacial score (nSPS) is 12.4.